The molecular weight excluding hydrogens is 306 g/mol. The first-order chi connectivity index (χ1) is 11.7. The molecule has 1 aromatic carbocycles. The quantitative estimate of drug-likeness (QED) is 0.802. The van der Waals surface area contributed by atoms with Crippen molar-refractivity contribution in [3.63, 3.8) is 0 Å². The SMILES string of the molecule is Cc1ccc2c(c1)-c1onc(C(=O)NCc3ccccn3)c1CO2. The van der Waals surface area contributed by atoms with Gasteiger partial charge in [-0.05, 0) is 31.2 Å². The number of nitrogens with zero attached hydrogens (tertiary/aromatic N) is 2. The van der Waals surface area contributed by atoms with Gasteiger partial charge in [-0.15, -0.1) is 0 Å². The van der Waals surface area contributed by atoms with Crippen LogP contribution in [-0.4, -0.2) is 16.0 Å². The van der Waals surface area contributed by atoms with E-state index in [4.69, 9.17) is 9.26 Å². The lowest BCUT2D eigenvalue weighted by Gasteiger charge is -2.16. The summed E-state index contributed by atoms with van der Waals surface area (Å²) in [5.41, 5.74) is 3.62. The van der Waals surface area contributed by atoms with Gasteiger partial charge in [-0.2, -0.15) is 0 Å². The van der Waals surface area contributed by atoms with E-state index in [2.05, 4.69) is 15.5 Å². The number of carbonyl (C=O) groups is 1. The first kappa shape index (κ1) is 14.4. The van der Waals surface area contributed by atoms with Crippen molar-refractivity contribution in [2.24, 2.45) is 0 Å². The average Bonchev–Trinajstić information content (AvgIpc) is 3.05. The number of carbonyl (C=O) groups excluding carboxylic acids is 1. The van der Waals surface area contributed by atoms with E-state index in [0.717, 1.165) is 22.6 Å². The summed E-state index contributed by atoms with van der Waals surface area (Å²) in [7, 11) is 0. The zero-order chi connectivity index (χ0) is 16.5. The van der Waals surface area contributed by atoms with Crippen molar-refractivity contribution in [3.8, 4) is 17.1 Å². The van der Waals surface area contributed by atoms with E-state index in [1.54, 1.807) is 6.20 Å². The Hall–Kier alpha value is -3.15. The number of rotatable bonds is 3. The molecule has 4 rings (SSSR count). The summed E-state index contributed by atoms with van der Waals surface area (Å²) in [6.07, 6.45) is 1.69. The molecule has 0 radical (unpaired) electrons. The number of nitrogens with one attached hydrogen (secondary N) is 1. The van der Waals surface area contributed by atoms with Crippen molar-refractivity contribution >= 4 is 5.91 Å². The lowest BCUT2D eigenvalue weighted by molar-refractivity contribution is 0.0939. The third-order valence-corrected chi connectivity index (χ3v) is 3.91. The second-order valence-electron chi connectivity index (χ2n) is 5.63. The fourth-order valence-electron chi connectivity index (χ4n) is 2.69. The van der Waals surface area contributed by atoms with Crippen molar-refractivity contribution in [2.75, 3.05) is 0 Å². The first-order valence-electron chi connectivity index (χ1n) is 7.63. The van der Waals surface area contributed by atoms with Crippen LogP contribution >= 0.6 is 0 Å². The largest absolute Gasteiger partial charge is 0.488 e. The molecule has 2 aromatic heterocycles. The Morgan fingerprint density at radius 2 is 2.21 bits per heavy atom. The summed E-state index contributed by atoms with van der Waals surface area (Å²) in [5, 5.41) is 6.76. The van der Waals surface area contributed by atoms with Gasteiger partial charge in [0.25, 0.3) is 5.91 Å². The number of aromatic nitrogens is 2. The molecule has 0 spiro atoms. The Kier molecular flexibility index (Phi) is 3.49. The number of fused-ring (bicyclic) bond motifs is 3. The molecule has 1 aliphatic heterocycles. The van der Waals surface area contributed by atoms with E-state index in [9.17, 15) is 4.79 Å². The van der Waals surface area contributed by atoms with Crippen molar-refractivity contribution in [1.82, 2.24) is 15.5 Å². The number of hydrogen-bond donors (Lipinski definition) is 1. The summed E-state index contributed by atoms with van der Waals surface area (Å²) in [4.78, 5) is 16.6. The smallest absolute Gasteiger partial charge is 0.274 e. The minimum atomic E-state index is -0.301. The molecule has 0 saturated heterocycles. The molecule has 6 heteroatoms. The minimum Gasteiger partial charge on any atom is -0.488 e. The van der Waals surface area contributed by atoms with Gasteiger partial charge in [-0.1, -0.05) is 22.9 Å². The van der Waals surface area contributed by atoms with Crippen LogP contribution in [0.2, 0.25) is 0 Å². The van der Waals surface area contributed by atoms with Crippen molar-refractivity contribution < 1.29 is 14.1 Å². The molecule has 0 bridgehead atoms. The molecule has 3 aromatic rings. The van der Waals surface area contributed by atoms with Crippen molar-refractivity contribution in [2.45, 2.75) is 20.1 Å². The Morgan fingerprint density at radius 3 is 3.04 bits per heavy atom. The van der Waals surface area contributed by atoms with E-state index in [-0.39, 0.29) is 18.2 Å². The molecule has 1 aliphatic rings. The van der Waals surface area contributed by atoms with Gasteiger partial charge in [0.1, 0.15) is 12.4 Å². The number of hydrogen-bond acceptors (Lipinski definition) is 5. The fourth-order valence-corrected chi connectivity index (χ4v) is 2.69. The molecule has 0 aliphatic carbocycles. The molecule has 0 fully saturated rings. The predicted molar refractivity (Wildman–Crippen MR) is 86.4 cm³/mol. The van der Waals surface area contributed by atoms with Gasteiger partial charge in [-0.25, -0.2) is 0 Å². The molecule has 0 saturated carbocycles. The van der Waals surface area contributed by atoms with Gasteiger partial charge in [0, 0.05) is 6.20 Å². The standard InChI is InChI=1S/C18H15N3O3/c1-11-5-6-15-13(8-11)17-14(10-23-15)16(21-24-17)18(22)20-9-12-4-2-3-7-19-12/h2-8H,9-10H2,1H3,(H,20,22). The highest BCUT2D eigenvalue weighted by Gasteiger charge is 2.28. The molecule has 0 atom stereocenters. The molecule has 24 heavy (non-hydrogen) atoms. The van der Waals surface area contributed by atoms with Crippen LogP contribution in [0.4, 0.5) is 0 Å². The van der Waals surface area contributed by atoms with E-state index < -0.39 is 0 Å². The third kappa shape index (κ3) is 2.52. The van der Waals surface area contributed by atoms with E-state index in [1.165, 1.54) is 0 Å². The van der Waals surface area contributed by atoms with Crippen LogP contribution in [0, 0.1) is 6.92 Å². The monoisotopic (exact) mass is 321 g/mol. The predicted octanol–water partition coefficient (Wildman–Crippen LogP) is 2.87. The van der Waals surface area contributed by atoms with Crippen LogP contribution in [0.3, 0.4) is 0 Å². The number of ether oxygens (including phenoxy) is 1. The fraction of sp³-hybridized carbons (Fsp3) is 0.167. The molecule has 1 N–H and O–H groups in total. The molecular formula is C18H15N3O3. The van der Waals surface area contributed by atoms with Gasteiger partial charge in [0.15, 0.2) is 11.5 Å². The second-order valence-corrected chi connectivity index (χ2v) is 5.63. The summed E-state index contributed by atoms with van der Waals surface area (Å²) in [5.74, 6) is 1.04. The zero-order valence-electron chi connectivity index (χ0n) is 13.1. The molecule has 3 heterocycles. The van der Waals surface area contributed by atoms with Gasteiger partial charge in [0.2, 0.25) is 0 Å². The highest BCUT2D eigenvalue weighted by atomic mass is 16.5. The lowest BCUT2D eigenvalue weighted by atomic mass is 10.0. The maximum absolute atomic E-state index is 12.4. The zero-order valence-corrected chi connectivity index (χ0v) is 13.1. The Labute approximate surface area is 138 Å². The second kappa shape index (κ2) is 5.81. The van der Waals surface area contributed by atoms with E-state index >= 15 is 0 Å². The number of aryl methyl sites for hydroxylation is 1. The van der Waals surface area contributed by atoms with E-state index in [0.29, 0.717) is 17.9 Å². The molecule has 6 nitrogen and oxygen atoms in total. The highest BCUT2D eigenvalue weighted by molar-refractivity contribution is 5.95. The van der Waals surface area contributed by atoms with Gasteiger partial charge < -0.3 is 14.6 Å². The maximum atomic E-state index is 12.4. The van der Waals surface area contributed by atoms with Gasteiger partial charge in [0.05, 0.1) is 23.4 Å². The first-order valence-corrected chi connectivity index (χ1v) is 7.63. The Morgan fingerprint density at radius 1 is 1.29 bits per heavy atom. The topological polar surface area (TPSA) is 77.3 Å². The van der Waals surface area contributed by atoms with Gasteiger partial charge in [-0.3, -0.25) is 9.78 Å². The normalized spacial score (nSPS) is 12.0. The van der Waals surface area contributed by atoms with E-state index in [1.807, 2.05) is 43.3 Å². The molecule has 120 valence electrons. The Bertz CT molecular complexity index is 903. The molecule has 0 unspecified atom stereocenters. The summed E-state index contributed by atoms with van der Waals surface area (Å²) in [6, 6.07) is 11.4. The van der Waals surface area contributed by atoms with Crippen LogP contribution in [0.1, 0.15) is 27.3 Å². The van der Waals surface area contributed by atoms with Crippen LogP contribution in [-0.2, 0) is 13.2 Å². The Balaban J connectivity index is 1.59. The number of benzene rings is 1. The van der Waals surface area contributed by atoms with Crippen LogP contribution < -0.4 is 10.1 Å². The van der Waals surface area contributed by atoms with Crippen LogP contribution in [0.15, 0.2) is 47.1 Å². The van der Waals surface area contributed by atoms with Crippen molar-refractivity contribution in [1.29, 1.82) is 0 Å². The van der Waals surface area contributed by atoms with Crippen molar-refractivity contribution in [3.05, 3.63) is 65.1 Å². The van der Waals surface area contributed by atoms with Crippen LogP contribution in [0.5, 0.6) is 5.75 Å². The summed E-state index contributed by atoms with van der Waals surface area (Å²) < 4.78 is 11.2. The summed E-state index contributed by atoms with van der Waals surface area (Å²) >= 11 is 0. The number of pyridine rings is 1. The van der Waals surface area contributed by atoms with Crippen LogP contribution in [0.25, 0.3) is 11.3 Å². The van der Waals surface area contributed by atoms with Gasteiger partial charge >= 0.3 is 0 Å². The maximum Gasteiger partial charge on any atom is 0.274 e. The third-order valence-electron chi connectivity index (χ3n) is 3.91. The number of amides is 1. The minimum absolute atomic E-state index is 0.257. The molecule has 1 amide bonds. The average molecular weight is 321 g/mol. The lowest BCUT2D eigenvalue weighted by Crippen LogP contribution is -2.25. The summed E-state index contributed by atoms with van der Waals surface area (Å²) in [6.45, 7) is 2.59. The highest BCUT2D eigenvalue weighted by Crippen LogP contribution is 2.39.